The van der Waals surface area contributed by atoms with Crippen molar-refractivity contribution in [2.75, 3.05) is 27.2 Å². The highest BCUT2D eigenvalue weighted by Gasteiger charge is 2.72. The summed E-state index contributed by atoms with van der Waals surface area (Å²) in [6, 6.07) is 9.39. The average Bonchev–Trinajstić information content (AvgIpc) is 2.95. The number of hydrogen-bond donors (Lipinski definition) is 6. The maximum absolute atomic E-state index is 14.4. The lowest BCUT2D eigenvalue weighted by atomic mass is 9.46. The molecular formula is C34H39N3O9. The lowest BCUT2D eigenvalue weighted by molar-refractivity contribution is -0.176. The van der Waals surface area contributed by atoms with E-state index in [0.29, 0.717) is 24.3 Å². The molecule has 244 valence electrons. The number of phenolic OH excluding ortho intramolecular Hbond substituents is 1. The molecule has 0 bridgehead atoms. The first kappa shape index (κ1) is 32.9. The highest BCUT2D eigenvalue weighted by molar-refractivity contribution is 6.25. The summed E-state index contributed by atoms with van der Waals surface area (Å²) in [5.41, 5.74) is 1.68. The van der Waals surface area contributed by atoms with Gasteiger partial charge in [0.1, 0.15) is 22.8 Å². The van der Waals surface area contributed by atoms with Gasteiger partial charge in [-0.05, 0) is 62.2 Å². The van der Waals surface area contributed by atoms with E-state index in [4.69, 9.17) is 10.5 Å². The van der Waals surface area contributed by atoms with Gasteiger partial charge < -0.3 is 36.2 Å². The number of aromatic hydroxyl groups is 1. The van der Waals surface area contributed by atoms with Crippen LogP contribution in [0.2, 0.25) is 0 Å². The second kappa shape index (κ2) is 11.4. The van der Waals surface area contributed by atoms with Gasteiger partial charge in [0.2, 0.25) is 5.78 Å². The summed E-state index contributed by atoms with van der Waals surface area (Å²) in [6.45, 7) is 5.77. The molecular weight excluding hydrogens is 594 g/mol. The van der Waals surface area contributed by atoms with Gasteiger partial charge in [-0.1, -0.05) is 44.2 Å². The van der Waals surface area contributed by atoms with Gasteiger partial charge in [-0.2, -0.15) is 0 Å². The molecule has 0 heterocycles. The summed E-state index contributed by atoms with van der Waals surface area (Å²) in [6.07, 6.45) is 0.0686. The Bertz CT molecular complexity index is 1730. The SMILES string of the molecule is CCOC(=O)CNCc1ccc(-c2ccc(O)c3c2C[C@@]2(C)C[C@@]4(C)[C@H](N(C)C)C(=O)C(C(N)=O)=C(O)[C@@]4(O)C(=O)C2=C3O)cc1. The zero-order valence-electron chi connectivity index (χ0n) is 26.4. The van der Waals surface area contributed by atoms with Crippen molar-refractivity contribution in [2.24, 2.45) is 16.6 Å². The number of carbonyl (C=O) groups is 4. The second-order valence-electron chi connectivity index (χ2n) is 13.0. The highest BCUT2D eigenvalue weighted by atomic mass is 16.5. The smallest absolute Gasteiger partial charge is 0.319 e. The molecule has 3 aliphatic rings. The number of esters is 1. The molecule has 5 rings (SSSR count). The number of rotatable bonds is 8. The van der Waals surface area contributed by atoms with E-state index in [1.54, 1.807) is 34.0 Å². The molecule has 46 heavy (non-hydrogen) atoms. The topological polar surface area (TPSA) is 200 Å². The Balaban J connectivity index is 1.62. The molecule has 0 spiro atoms. The number of amides is 1. The minimum Gasteiger partial charge on any atom is -0.508 e. The molecule has 12 nitrogen and oxygen atoms in total. The normalized spacial score (nSPS) is 27.3. The van der Waals surface area contributed by atoms with Crippen molar-refractivity contribution in [1.29, 1.82) is 0 Å². The first-order valence-electron chi connectivity index (χ1n) is 15.0. The molecule has 4 atom stereocenters. The molecule has 1 fully saturated rings. The van der Waals surface area contributed by atoms with Crippen LogP contribution in [0.4, 0.5) is 0 Å². The van der Waals surface area contributed by atoms with E-state index in [9.17, 15) is 39.6 Å². The van der Waals surface area contributed by atoms with E-state index in [0.717, 1.165) is 11.1 Å². The molecule has 12 heteroatoms. The molecule has 3 aliphatic carbocycles. The van der Waals surface area contributed by atoms with Crippen molar-refractivity contribution >= 4 is 29.2 Å². The fourth-order valence-corrected chi connectivity index (χ4v) is 7.92. The Labute approximate surface area is 266 Å². The first-order chi connectivity index (χ1) is 21.5. The maximum atomic E-state index is 14.4. The van der Waals surface area contributed by atoms with Crippen molar-refractivity contribution < 1.29 is 44.3 Å². The van der Waals surface area contributed by atoms with E-state index in [1.807, 2.05) is 24.3 Å². The van der Waals surface area contributed by atoms with E-state index in [2.05, 4.69) is 5.32 Å². The lowest BCUT2D eigenvalue weighted by Gasteiger charge is -2.59. The Morgan fingerprint density at radius 3 is 2.30 bits per heavy atom. The first-order valence-corrected chi connectivity index (χ1v) is 15.0. The number of carbonyl (C=O) groups excluding carboxylic acids is 4. The second-order valence-corrected chi connectivity index (χ2v) is 13.0. The third-order valence-corrected chi connectivity index (χ3v) is 9.68. The highest BCUT2D eigenvalue weighted by Crippen LogP contribution is 2.63. The van der Waals surface area contributed by atoms with Crippen LogP contribution < -0.4 is 11.1 Å². The van der Waals surface area contributed by atoms with Gasteiger partial charge in [-0.3, -0.25) is 24.1 Å². The van der Waals surface area contributed by atoms with Crippen LogP contribution in [0.15, 0.2) is 53.3 Å². The fraction of sp³-hybridized carbons (Fsp3) is 0.412. The number of nitrogens with zero attached hydrogens (tertiary/aromatic N) is 1. The van der Waals surface area contributed by atoms with Crippen LogP contribution in [0, 0.1) is 10.8 Å². The maximum Gasteiger partial charge on any atom is 0.319 e. The molecule has 7 N–H and O–H groups in total. The molecule has 2 aromatic carbocycles. The Morgan fingerprint density at radius 2 is 1.72 bits per heavy atom. The molecule has 2 aromatic rings. The number of nitrogens with one attached hydrogen (secondary N) is 1. The average molecular weight is 634 g/mol. The predicted octanol–water partition coefficient (Wildman–Crippen LogP) is 2.06. The van der Waals surface area contributed by atoms with Gasteiger partial charge in [-0.15, -0.1) is 0 Å². The number of ether oxygens (including phenoxy) is 1. The van der Waals surface area contributed by atoms with Crippen molar-refractivity contribution in [2.45, 2.75) is 51.8 Å². The number of likely N-dealkylation sites (N-methyl/N-ethyl adjacent to an activating group) is 1. The van der Waals surface area contributed by atoms with Crippen LogP contribution in [0.5, 0.6) is 5.75 Å². The lowest BCUT2D eigenvalue weighted by Crippen LogP contribution is -2.72. The van der Waals surface area contributed by atoms with Crippen molar-refractivity contribution in [1.82, 2.24) is 10.2 Å². The standard InChI is InChI=1S/C34H39N3O9/c1-6-46-22(39)15-36-14-17-7-9-18(10-8-17)19-11-12-21(38)23-20(19)13-32(2)16-33(3)28(37(4)5)27(41)24(31(35)44)29(42)34(33,45)30(43)25(32)26(23)40/h7-12,28,36,38,40,42,45H,6,13-16H2,1-5H3,(H2,35,44)/t28-,32+,33+,34-/m1/s1. The fourth-order valence-electron chi connectivity index (χ4n) is 7.92. The van der Waals surface area contributed by atoms with Crippen LogP contribution in [0.25, 0.3) is 16.9 Å². The minimum atomic E-state index is -2.77. The van der Waals surface area contributed by atoms with Crippen molar-refractivity contribution in [3.8, 4) is 16.9 Å². The van der Waals surface area contributed by atoms with Crippen molar-refractivity contribution in [3.05, 3.63) is 70.0 Å². The number of benzene rings is 2. The van der Waals surface area contributed by atoms with Crippen LogP contribution in [-0.2, 0) is 36.9 Å². The molecule has 1 amide bonds. The van der Waals surface area contributed by atoms with Gasteiger partial charge >= 0.3 is 5.97 Å². The van der Waals surface area contributed by atoms with Crippen LogP contribution >= 0.6 is 0 Å². The number of aliphatic hydroxyl groups excluding tert-OH is 2. The number of aliphatic hydroxyl groups is 3. The zero-order chi connectivity index (χ0) is 33.9. The Morgan fingerprint density at radius 1 is 1.07 bits per heavy atom. The van der Waals surface area contributed by atoms with Gasteiger partial charge in [0.15, 0.2) is 11.4 Å². The molecule has 0 unspecified atom stereocenters. The van der Waals surface area contributed by atoms with E-state index in [1.165, 1.54) is 17.9 Å². The quantitative estimate of drug-likeness (QED) is 0.184. The van der Waals surface area contributed by atoms with Gasteiger partial charge in [0.25, 0.3) is 5.91 Å². The summed E-state index contributed by atoms with van der Waals surface area (Å²) in [4.78, 5) is 53.4. The van der Waals surface area contributed by atoms with E-state index in [-0.39, 0.29) is 42.2 Å². The molecule has 0 aliphatic heterocycles. The molecule has 0 radical (unpaired) electrons. The number of nitrogens with two attached hydrogens (primary N) is 1. The predicted molar refractivity (Wildman–Crippen MR) is 167 cm³/mol. The third kappa shape index (κ3) is 4.70. The van der Waals surface area contributed by atoms with Crippen LogP contribution in [-0.4, -0.2) is 87.7 Å². The zero-order valence-corrected chi connectivity index (χ0v) is 26.4. The largest absolute Gasteiger partial charge is 0.508 e. The Hall–Kier alpha value is -4.52. The van der Waals surface area contributed by atoms with Crippen LogP contribution in [0.1, 0.15) is 43.9 Å². The number of hydrogen-bond acceptors (Lipinski definition) is 11. The summed E-state index contributed by atoms with van der Waals surface area (Å²) in [5.74, 6) is -5.53. The number of ketones is 2. The Kier molecular flexibility index (Phi) is 8.13. The number of phenols is 1. The number of primary amides is 1. The summed E-state index contributed by atoms with van der Waals surface area (Å²) < 4.78 is 4.93. The van der Waals surface area contributed by atoms with Crippen LogP contribution in [0.3, 0.4) is 0 Å². The van der Waals surface area contributed by atoms with Crippen molar-refractivity contribution in [3.63, 3.8) is 0 Å². The summed E-state index contributed by atoms with van der Waals surface area (Å²) in [5, 5.41) is 49.1. The summed E-state index contributed by atoms with van der Waals surface area (Å²) >= 11 is 0. The molecule has 0 saturated heterocycles. The number of Topliss-reactive ketones (excluding diaryl/α,β-unsaturated/α-hetero) is 2. The third-order valence-electron chi connectivity index (χ3n) is 9.68. The molecule has 1 saturated carbocycles. The molecule has 0 aromatic heterocycles. The summed E-state index contributed by atoms with van der Waals surface area (Å²) in [7, 11) is 3.13. The monoisotopic (exact) mass is 633 g/mol. The van der Waals surface area contributed by atoms with Gasteiger partial charge in [0.05, 0.1) is 24.8 Å². The van der Waals surface area contributed by atoms with Gasteiger partial charge in [0, 0.05) is 22.9 Å². The van der Waals surface area contributed by atoms with Gasteiger partial charge in [-0.25, -0.2) is 0 Å². The number of fused-ring (bicyclic) bond motifs is 3. The van der Waals surface area contributed by atoms with E-state index >= 15 is 0 Å². The minimum absolute atomic E-state index is 0.0142. The van der Waals surface area contributed by atoms with E-state index < -0.39 is 57.0 Å².